The number of hydrogen-bond donors (Lipinski definition) is 1. The minimum Gasteiger partial charge on any atom is -0.468 e. The highest BCUT2D eigenvalue weighted by Crippen LogP contribution is 2.45. The molecule has 0 bridgehead atoms. The lowest BCUT2D eigenvalue weighted by Crippen LogP contribution is -2.59. The molecule has 6 nitrogen and oxygen atoms in total. The standard InChI is InChI=1S/C18H23NO5S/c1-17(2)23-14-13(9-20-8-12-6-4-3-5-7-12)22-18(15(14)24-17)10-19-16(25)21-11-18/h3-7,13-15H,8-11H2,1-2H3,(H,19,25)/t13-,14-,15-,18-/m1/s1. The summed E-state index contributed by atoms with van der Waals surface area (Å²) >= 11 is 5.06. The summed E-state index contributed by atoms with van der Waals surface area (Å²) in [5, 5.41) is 3.46. The van der Waals surface area contributed by atoms with Gasteiger partial charge in [0.15, 0.2) is 5.79 Å². The summed E-state index contributed by atoms with van der Waals surface area (Å²) in [6.45, 7) is 5.71. The third-order valence-electron chi connectivity index (χ3n) is 4.77. The van der Waals surface area contributed by atoms with Crippen LogP contribution in [0.1, 0.15) is 19.4 Å². The van der Waals surface area contributed by atoms with E-state index in [0.29, 0.717) is 31.5 Å². The molecule has 1 aromatic carbocycles. The lowest BCUT2D eigenvalue weighted by molar-refractivity contribution is -0.221. The Morgan fingerprint density at radius 1 is 1.20 bits per heavy atom. The summed E-state index contributed by atoms with van der Waals surface area (Å²) in [5.41, 5.74) is 0.519. The van der Waals surface area contributed by atoms with Crippen molar-refractivity contribution < 1.29 is 23.7 Å². The molecule has 7 heteroatoms. The SMILES string of the molecule is CC1(C)O[C@H]2[C@@H](O1)[C@]1(CNC(=S)OC1)O[C@@H]2COCc1ccccc1. The summed E-state index contributed by atoms with van der Waals surface area (Å²) in [5.74, 6) is -0.651. The Morgan fingerprint density at radius 3 is 2.72 bits per heavy atom. The van der Waals surface area contributed by atoms with E-state index in [-0.39, 0.29) is 18.3 Å². The van der Waals surface area contributed by atoms with Gasteiger partial charge in [-0.25, -0.2) is 0 Å². The van der Waals surface area contributed by atoms with Gasteiger partial charge in [0.2, 0.25) is 0 Å². The number of rotatable bonds is 4. The lowest BCUT2D eigenvalue weighted by atomic mass is 9.94. The van der Waals surface area contributed by atoms with Gasteiger partial charge in [0.25, 0.3) is 5.17 Å². The molecule has 4 rings (SSSR count). The van der Waals surface area contributed by atoms with Crippen LogP contribution < -0.4 is 5.32 Å². The van der Waals surface area contributed by atoms with E-state index in [0.717, 1.165) is 5.56 Å². The molecule has 1 spiro atoms. The summed E-state index contributed by atoms with van der Waals surface area (Å²) in [6.07, 6.45) is -0.626. The van der Waals surface area contributed by atoms with E-state index < -0.39 is 11.4 Å². The van der Waals surface area contributed by atoms with Gasteiger partial charge in [-0.2, -0.15) is 0 Å². The fourth-order valence-corrected chi connectivity index (χ4v) is 3.80. The Labute approximate surface area is 152 Å². The van der Waals surface area contributed by atoms with Crippen molar-refractivity contribution in [2.75, 3.05) is 19.8 Å². The largest absolute Gasteiger partial charge is 0.468 e. The lowest BCUT2D eigenvalue weighted by Gasteiger charge is -2.38. The molecule has 0 saturated carbocycles. The average molecular weight is 365 g/mol. The highest BCUT2D eigenvalue weighted by molar-refractivity contribution is 7.80. The molecule has 3 fully saturated rings. The Kier molecular flexibility index (Phi) is 4.45. The third-order valence-corrected chi connectivity index (χ3v) is 5.04. The average Bonchev–Trinajstić information content (AvgIpc) is 3.05. The van der Waals surface area contributed by atoms with E-state index in [4.69, 9.17) is 35.9 Å². The molecule has 0 aromatic heterocycles. The van der Waals surface area contributed by atoms with Gasteiger partial charge in [0.1, 0.15) is 30.5 Å². The second kappa shape index (κ2) is 6.48. The Balaban J connectivity index is 1.44. The third kappa shape index (κ3) is 3.39. The van der Waals surface area contributed by atoms with Crippen LogP contribution in [-0.4, -0.2) is 54.6 Å². The van der Waals surface area contributed by atoms with E-state index >= 15 is 0 Å². The van der Waals surface area contributed by atoms with Gasteiger partial charge in [0, 0.05) is 0 Å². The predicted molar refractivity (Wildman–Crippen MR) is 94.1 cm³/mol. The fourth-order valence-electron chi connectivity index (χ4n) is 3.67. The minimum absolute atomic E-state index is 0.192. The van der Waals surface area contributed by atoms with E-state index in [1.165, 1.54) is 0 Å². The molecule has 1 N–H and O–H groups in total. The molecule has 0 radical (unpaired) electrons. The minimum atomic E-state index is -0.651. The Morgan fingerprint density at radius 2 is 2.00 bits per heavy atom. The molecule has 25 heavy (non-hydrogen) atoms. The van der Waals surface area contributed by atoms with Crippen molar-refractivity contribution in [1.82, 2.24) is 5.32 Å². The van der Waals surface area contributed by atoms with Crippen molar-refractivity contribution >= 4 is 17.4 Å². The van der Waals surface area contributed by atoms with E-state index in [9.17, 15) is 0 Å². The quantitative estimate of drug-likeness (QED) is 0.816. The van der Waals surface area contributed by atoms with Crippen LogP contribution in [0.3, 0.4) is 0 Å². The summed E-state index contributed by atoms with van der Waals surface area (Å²) < 4.78 is 30.0. The summed E-state index contributed by atoms with van der Waals surface area (Å²) in [7, 11) is 0. The Bertz CT molecular complexity index is 628. The van der Waals surface area contributed by atoms with Gasteiger partial charge in [-0.1, -0.05) is 30.3 Å². The summed E-state index contributed by atoms with van der Waals surface area (Å²) in [4.78, 5) is 0. The Hall–Kier alpha value is -1.25. The fraction of sp³-hybridized carbons (Fsp3) is 0.611. The molecule has 3 aliphatic heterocycles. The molecule has 4 atom stereocenters. The zero-order chi connectivity index (χ0) is 17.5. The molecule has 0 aliphatic carbocycles. The van der Waals surface area contributed by atoms with Gasteiger partial charge in [-0.15, -0.1) is 0 Å². The number of thiocarbonyl (C=S) groups is 1. The zero-order valence-electron chi connectivity index (χ0n) is 14.4. The van der Waals surface area contributed by atoms with Crippen LogP contribution >= 0.6 is 12.2 Å². The van der Waals surface area contributed by atoms with Crippen LogP contribution in [-0.2, 0) is 30.3 Å². The number of hydrogen-bond acceptors (Lipinski definition) is 6. The van der Waals surface area contributed by atoms with E-state index in [1.54, 1.807) is 0 Å². The van der Waals surface area contributed by atoms with Gasteiger partial charge >= 0.3 is 0 Å². The van der Waals surface area contributed by atoms with Gasteiger partial charge < -0.3 is 29.0 Å². The maximum absolute atomic E-state index is 6.31. The van der Waals surface area contributed by atoms with Crippen LogP contribution in [0.25, 0.3) is 0 Å². The van der Waals surface area contributed by atoms with Gasteiger partial charge in [-0.05, 0) is 31.6 Å². The topological polar surface area (TPSA) is 58.2 Å². The van der Waals surface area contributed by atoms with Crippen LogP contribution in [0.2, 0.25) is 0 Å². The van der Waals surface area contributed by atoms with Crippen LogP contribution in [0.15, 0.2) is 30.3 Å². The monoisotopic (exact) mass is 365 g/mol. The first-order valence-corrected chi connectivity index (χ1v) is 8.94. The number of fused-ring (bicyclic) bond motifs is 2. The first-order chi connectivity index (χ1) is 12.0. The molecule has 136 valence electrons. The van der Waals surface area contributed by atoms with Gasteiger partial charge in [-0.3, -0.25) is 0 Å². The highest BCUT2D eigenvalue weighted by Gasteiger charge is 2.64. The van der Waals surface area contributed by atoms with Crippen molar-refractivity contribution in [2.45, 2.75) is 50.2 Å². The molecule has 3 aliphatic rings. The maximum atomic E-state index is 6.31. The molecular formula is C18H23NO5S. The first-order valence-electron chi connectivity index (χ1n) is 8.53. The van der Waals surface area contributed by atoms with Crippen LogP contribution in [0.4, 0.5) is 0 Å². The smallest absolute Gasteiger partial charge is 0.256 e. The van der Waals surface area contributed by atoms with Crippen molar-refractivity contribution in [3.05, 3.63) is 35.9 Å². The molecule has 3 saturated heterocycles. The highest BCUT2D eigenvalue weighted by atomic mass is 32.1. The zero-order valence-corrected chi connectivity index (χ0v) is 15.2. The predicted octanol–water partition coefficient (Wildman–Crippen LogP) is 1.77. The number of nitrogens with one attached hydrogen (secondary N) is 1. The van der Waals surface area contributed by atoms with Crippen LogP contribution in [0, 0.1) is 0 Å². The molecular weight excluding hydrogens is 342 g/mol. The van der Waals surface area contributed by atoms with Crippen molar-refractivity contribution in [3.63, 3.8) is 0 Å². The van der Waals surface area contributed by atoms with E-state index in [1.807, 2.05) is 44.2 Å². The number of benzene rings is 1. The van der Waals surface area contributed by atoms with Gasteiger partial charge in [0.05, 0.1) is 19.8 Å². The summed E-state index contributed by atoms with van der Waals surface area (Å²) in [6, 6.07) is 10.1. The van der Waals surface area contributed by atoms with Crippen LogP contribution in [0.5, 0.6) is 0 Å². The second-order valence-electron chi connectivity index (χ2n) is 7.17. The molecule has 0 unspecified atom stereocenters. The molecule has 1 aromatic rings. The molecule has 0 amide bonds. The number of ether oxygens (including phenoxy) is 5. The van der Waals surface area contributed by atoms with Crippen molar-refractivity contribution in [2.24, 2.45) is 0 Å². The van der Waals surface area contributed by atoms with Crippen molar-refractivity contribution in [1.29, 1.82) is 0 Å². The molecule has 3 heterocycles. The van der Waals surface area contributed by atoms with Crippen molar-refractivity contribution in [3.8, 4) is 0 Å². The second-order valence-corrected chi connectivity index (χ2v) is 7.54. The normalized spacial score (nSPS) is 36.1. The first kappa shape index (κ1) is 17.2. The maximum Gasteiger partial charge on any atom is 0.256 e. The van der Waals surface area contributed by atoms with E-state index in [2.05, 4.69) is 5.32 Å².